The predicted molar refractivity (Wildman–Crippen MR) is 113 cm³/mol. The van der Waals surface area contributed by atoms with E-state index in [1.54, 1.807) is 31.4 Å². The van der Waals surface area contributed by atoms with E-state index in [-0.39, 0.29) is 11.8 Å². The molecule has 1 N–H and O–H groups in total. The van der Waals surface area contributed by atoms with Crippen LogP contribution in [0, 0.1) is 0 Å². The Hall–Kier alpha value is -1.64. The van der Waals surface area contributed by atoms with E-state index in [4.69, 9.17) is 4.74 Å². The molecular formula is C19H13Br3N2O3. The fourth-order valence-electron chi connectivity index (χ4n) is 3.39. The topological polar surface area (TPSA) is 62.4 Å². The van der Waals surface area contributed by atoms with Gasteiger partial charge in [-0.25, -0.2) is 0 Å². The normalized spacial score (nSPS) is 13.6. The van der Waals surface area contributed by atoms with E-state index < -0.39 is 0 Å². The molecule has 4 rings (SSSR count). The third-order valence-electron chi connectivity index (χ3n) is 4.66. The number of hydrogen-bond acceptors (Lipinski definition) is 3. The van der Waals surface area contributed by atoms with Gasteiger partial charge in [-0.1, -0.05) is 12.1 Å². The highest BCUT2D eigenvalue weighted by Crippen LogP contribution is 2.43. The number of halogens is 3. The van der Waals surface area contributed by atoms with Crippen LogP contribution in [0.2, 0.25) is 0 Å². The number of fused-ring (bicyclic) bond motifs is 2. The Morgan fingerprint density at radius 2 is 1.70 bits per heavy atom. The van der Waals surface area contributed by atoms with Crippen molar-refractivity contribution in [2.24, 2.45) is 0 Å². The molecule has 0 fully saturated rings. The number of H-pyrrole nitrogens is 1. The molecule has 0 saturated heterocycles. The number of methoxy groups -OCH3 is 1. The minimum Gasteiger partial charge on any atom is -0.494 e. The average molecular weight is 557 g/mol. The molecule has 1 aliphatic heterocycles. The lowest BCUT2D eigenvalue weighted by molar-refractivity contribution is 0.0656. The molecule has 3 aromatic rings. The first kappa shape index (κ1) is 18.7. The van der Waals surface area contributed by atoms with Crippen molar-refractivity contribution in [1.82, 2.24) is 9.88 Å². The highest BCUT2D eigenvalue weighted by Gasteiger charge is 2.35. The molecule has 0 bridgehead atoms. The summed E-state index contributed by atoms with van der Waals surface area (Å²) >= 11 is 10.7. The largest absolute Gasteiger partial charge is 0.494 e. The number of amides is 2. The molecule has 27 heavy (non-hydrogen) atoms. The molecule has 2 amide bonds. The maximum atomic E-state index is 12.6. The number of carbonyl (C=O) groups excluding carboxylic acids is 2. The Balaban J connectivity index is 1.68. The molecule has 0 atom stereocenters. The van der Waals surface area contributed by atoms with Crippen LogP contribution in [0.4, 0.5) is 0 Å². The fourth-order valence-corrected chi connectivity index (χ4v) is 5.68. The van der Waals surface area contributed by atoms with Crippen LogP contribution < -0.4 is 4.74 Å². The molecular weight excluding hydrogens is 544 g/mol. The summed E-state index contributed by atoms with van der Waals surface area (Å²) in [5, 5.41) is 0.957. The van der Waals surface area contributed by atoms with E-state index in [2.05, 4.69) is 52.8 Å². The van der Waals surface area contributed by atoms with Crippen molar-refractivity contribution in [3.8, 4) is 5.75 Å². The second kappa shape index (κ2) is 7.07. The minimum absolute atomic E-state index is 0.244. The lowest BCUT2D eigenvalue weighted by Crippen LogP contribution is -2.31. The van der Waals surface area contributed by atoms with Crippen molar-refractivity contribution in [3.05, 3.63) is 60.6 Å². The summed E-state index contributed by atoms with van der Waals surface area (Å²) < 4.78 is 7.91. The van der Waals surface area contributed by atoms with Gasteiger partial charge in [0.25, 0.3) is 11.8 Å². The number of imide groups is 1. The van der Waals surface area contributed by atoms with Crippen LogP contribution in [0.1, 0.15) is 26.3 Å². The zero-order valence-electron chi connectivity index (χ0n) is 14.1. The highest BCUT2D eigenvalue weighted by molar-refractivity contribution is 9.11. The number of ether oxygens (including phenoxy) is 1. The van der Waals surface area contributed by atoms with Gasteiger partial charge in [0.15, 0.2) is 0 Å². The van der Waals surface area contributed by atoms with Gasteiger partial charge in [-0.05, 0) is 78.0 Å². The van der Waals surface area contributed by atoms with Crippen LogP contribution in [0.5, 0.6) is 5.75 Å². The number of nitrogens with zero attached hydrogens (tertiary/aromatic N) is 1. The first-order valence-corrected chi connectivity index (χ1v) is 10.5. The van der Waals surface area contributed by atoms with Gasteiger partial charge in [0, 0.05) is 17.4 Å². The van der Waals surface area contributed by atoms with Crippen molar-refractivity contribution in [3.63, 3.8) is 0 Å². The predicted octanol–water partition coefficient (Wildman–Crippen LogP) is 5.30. The summed E-state index contributed by atoms with van der Waals surface area (Å²) in [5.41, 5.74) is 2.82. The molecule has 5 nitrogen and oxygen atoms in total. The zero-order valence-corrected chi connectivity index (χ0v) is 18.9. The third kappa shape index (κ3) is 2.94. The van der Waals surface area contributed by atoms with Crippen molar-refractivity contribution in [2.45, 2.75) is 6.42 Å². The Morgan fingerprint density at radius 3 is 2.30 bits per heavy atom. The van der Waals surface area contributed by atoms with Crippen LogP contribution in [-0.4, -0.2) is 35.4 Å². The zero-order chi connectivity index (χ0) is 19.3. The van der Waals surface area contributed by atoms with Crippen LogP contribution in [-0.2, 0) is 6.42 Å². The molecule has 0 unspecified atom stereocenters. The Kier molecular flexibility index (Phi) is 4.90. The average Bonchev–Trinajstić information content (AvgIpc) is 3.08. The summed E-state index contributed by atoms with van der Waals surface area (Å²) in [6, 6.07) is 8.86. The smallest absolute Gasteiger partial charge is 0.261 e. The van der Waals surface area contributed by atoms with Crippen LogP contribution in [0.15, 0.2) is 43.9 Å². The number of aromatic amines is 1. The summed E-state index contributed by atoms with van der Waals surface area (Å²) in [7, 11) is 1.61. The van der Waals surface area contributed by atoms with E-state index in [1.807, 2.05) is 6.07 Å². The molecule has 1 aliphatic rings. The van der Waals surface area contributed by atoms with E-state index in [0.717, 1.165) is 30.0 Å². The van der Waals surface area contributed by atoms with Gasteiger partial charge in [-0.2, -0.15) is 0 Å². The SMILES string of the molecule is COc1c(Br)cc2[nH]c(Br)c(CCN3C(=O)c4ccccc4C3=O)c2c1Br. The monoisotopic (exact) mass is 554 g/mol. The maximum absolute atomic E-state index is 12.6. The fraction of sp³-hybridized carbons (Fsp3) is 0.158. The molecule has 0 spiro atoms. The van der Waals surface area contributed by atoms with Gasteiger partial charge in [0.2, 0.25) is 0 Å². The third-order valence-corrected chi connectivity index (χ3v) is 6.68. The number of benzene rings is 2. The lowest BCUT2D eigenvalue weighted by Gasteiger charge is -2.14. The van der Waals surface area contributed by atoms with Gasteiger partial charge in [-0.15, -0.1) is 0 Å². The molecule has 0 radical (unpaired) electrons. The van der Waals surface area contributed by atoms with Gasteiger partial charge >= 0.3 is 0 Å². The molecule has 0 aliphatic carbocycles. The molecule has 8 heteroatoms. The van der Waals surface area contributed by atoms with Gasteiger partial charge in [-0.3, -0.25) is 14.5 Å². The highest BCUT2D eigenvalue weighted by atomic mass is 79.9. The van der Waals surface area contributed by atoms with E-state index in [9.17, 15) is 9.59 Å². The number of aromatic nitrogens is 1. The first-order valence-electron chi connectivity index (χ1n) is 8.11. The number of hydrogen-bond donors (Lipinski definition) is 1. The van der Waals surface area contributed by atoms with Gasteiger partial charge < -0.3 is 9.72 Å². The molecule has 1 aromatic heterocycles. The van der Waals surface area contributed by atoms with E-state index in [1.165, 1.54) is 4.90 Å². The standard InChI is InChI=1S/C19H13Br3N2O3/c1-27-16-12(20)8-13-14(15(16)21)11(17(22)23-13)6-7-24-18(25)9-4-2-3-5-10(9)19(24)26/h2-5,8,23H,6-7H2,1H3. The van der Waals surface area contributed by atoms with Crippen molar-refractivity contribution < 1.29 is 14.3 Å². The summed E-state index contributed by atoms with van der Waals surface area (Å²) in [5.74, 6) is 0.202. The van der Waals surface area contributed by atoms with E-state index in [0.29, 0.717) is 29.8 Å². The first-order chi connectivity index (χ1) is 12.9. The number of carbonyl (C=O) groups is 2. The quantitative estimate of drug-likeness (QED) is 0.444. The molecule has 0 saturated carbocycles. The Bertz CT molecular complexity index is 1070. The van der Waals surface area contributed by atoms with Crippen molar-refractivity contribution in [2.75, 3.05) is 13.7 Å². The van der Waals surface area contributed by atoms with E-state index >= 15 is 0 Å². The molecule has 2 aromatic carbocycles. The minimum atomic E-state index is -0.244. The van der Waals surface area contributed by atoms with Crippen LogP contribution in [0.25, 0.3) is 10.9 Å². The van der Waals surface area contributed by atoms with Crippen molar-refractivity contribution in [1.29, 1.82) is 0 Å². The second-order valence-electron chi connectivity index (χ2n) is 6.10. The van der Waals surface area contributed by atoms with Gasteiger partial charge in [0.1, 0.15) is 5.75 Å². The summed E-state index contributed by atoms with van der Waals surface area (Å²) in [6.07, 6.45) is 0.509. The molecule has 2 heterocycles. The summed E-state index contributed by atoms with van der Waals surface area (Å²) in [6.45, 7) is 0.294. The molecule has 138 valence electrons. The second-order valence-corrected chi connectivity index (χ2v) is 8.54. The van der Waals surface area contributed by atoms with Crippen LogP contribution >= 0.6 is 47.8 Å². The summed E-state index contributed by atoms with van der Waals surface area (Å²) in [4.78, 5) is 29.7. The van der Waals surface area contributed by atoms with Gasteiger partial charge in [0.05, 0.1) is 31.8 Å². The maximum Gasteiger partial charge on any atom is 0.261 e. The van der Waals surface area contributed by atoms with Crippen LogP contribution in [0.3, 0.4) is 0 Å². The Morgan fingerprint density at radius 1 is 1.07 bits per heavy atom. The number of rotatable bonds is 4. The van der Waals surface area contributed by atoms with Crippen molar-refractivity contribution >= 4 is 70.5 Å². The number of nitrogens with one attached hydrogen (secondary N) is 1. The Labute approximate surface area is 180 Å². The lowest BCUT2D eigenvalue weighted by atomic mass is 10.1.